The first-order valence-electron chi connectivity index (χ1n) is 14.1. The number of anilines is 1. The normalized spacial score (nSPS) is 17.7. The molecule has 1 aliphatic carbocycles. The SMILES string of the molecule is CC1=C(c2ccccc2)N(c2ccc(C3CCCCC3)cc2)C(NCc2ccc(C(=O)NCCC(=O)O)cc2)S1. The minimum Gasteiger partial charge on any atom is -0.481 e. The molecule has 208 valence electrons. The van der Waals surface area contributed by atoms with E-state index >= 15 is 0 Å². The number of hydrogen-bond donors (Lipinski definition) is 3. The van der Waals surface area contributed by atoms with E-state index in [1.165, 1.54) is 59.5 Å². The summed E-state index contributed by atoms with van der Waals surface area (Å²) in [5, 5.41) is 15.2. The van der Waals surface area contributed by atoms with Gasteiger partial charge in [0.15, 0.2) is 0 Å². The maximum atomic E-state index is 12.3. The van der Waals surface area contributed by atoms with Crippen LogP contribution in [0.4, 0.5) is 5.69 Å². The van der Waals surface area contributed by atoms with Gasteiger partial charge in [0.1, 0.15) is 5.50 Å². The van der Waals surface area contributed by atoms with Gasteiger partial charge in [-0.05, 0) is 66.6 Å². The average molecular weight is 556 g/mol. The molecule has 0 bridgehead atoms. The molecule has 1 heterocycles. The molecular weight excluding hydrogens is 518 g/mol. The van der Waals surface area contributed by atoms with Gasteiger partial charge in [-0.3, -0.25) is 14.9 Å². The number of benzene rings is 3. The fourth-order valence-electron chi connectivity index (χ4n) is 5.61. The van der Waals surface area contributed by atoms with Crippen LogP contribution in [0.15, 0.2) is 83.8 Å². The van der Waals surface area contributed by atoms with Gasteiger partial charge in [-0.2, -0.15) is 0 Å². The molecule has 7 heteroatoms. The second-order valence-electron chi connectivity index (χ2n) is 10.5. The van der Waals surface area contributed by atoms with Crippen LogP contribution in [0.5, 0.6) is 0 Å². The topological polar surface area (TPSA) is 81.7 Å². The highest BCUT2D eigenvalue weighted by Gasteiger charge is 2.32. The molecule has 6 nitrogen and oxygen atoms in total. The Balaban J connectivity index is 1.30. The molecule has 1 amide bonds. The number of nitrogens with one attached hydrogen (secondary N) is 2. The van der Waals surface area contributed by atoms with E-state index in [9.17, 15) is 9.59 Å². The van der Waals surface area contributed by atoms with Crippen molar-refractivity contribution in [2.75, 3.05) is 11.4 Å². The molecule has 1 saturated carbocycles. The highest BCUT2D eigenvalue weighted by molar-refractivity contribution is 8.04. The van der Waals surface area contributed by atoms with Gasteiger partial charge < -0.3 is 15.3 Å². The fourth-order valence-corrected chi connectivity index (χ4v) is 6.77. The Hall–Kier alpha value is -3.55. The van der Waals surface area contributed by atoms with Crippen molar-refractivity contribution >= 4 is 35.0 Å². The molecule has 2 aliphatic rings. The van der Waals surface area contributed by atoms with Crippen LogP contribution in [-0.2, 0) is 11.3 Å². The summed E-state index contributed by atoms with van der Waals surface area (Å²) in [6.45, 7) is 2.95. The molecular formula is C33H37N3O3S. The number of carboxylic acids is 1. The first-order chi connectivity index (χ1) is 19.5. The van der Waals surface area contributed by atoms with Crippen molar-refractivity contribution in [2.24, 2.45) is 0 Å². The third-order valence-corrected chi connectivity index (χ3v) is 8.86. The number of carboxylic acid groups (broad SMARTS) is 1. The Bertz CT molecular complexity index is 1330. The monoisotopic (exact) mass is 555 g/mol. The quantitative estimate of drug-likeness (QED) is 0.251. The maximum Gasteiger partial charge on any atom is 0.305 e. The van der Waals surface area contributed by atoms with Crippen LogP contribution >= 0.6 is 11.8 Å². The molecule has 1 aliphatic heterocycles. The van der Waals surface area contributed by atoms with E-state index in [2.05, 4.69) is 77.1 Å². The smallest absolute Gasteiger partial charge is 0.305 e. The molecule has 3 aromatic rings. The number of aliphatic carboxylic acids is 1. The van der Waals surface area contributed by atoms with Gasteiger partial charge in [-0.25, -0.2) is 0 Å². The van der Waals surface area contributed by atoms with Gasteiger partial charge in [0.05, 0.1) is 12.1 Å². The van der Waals surface area contributed by atoms with Gasteiger partial charge in [-0.1, -0.05) is 85.6 Å². The summed E-state index contributed by atoms with van der Waals surface area (Å²) in [5.41, 5.74) is 6.67. The summed E-state index contributed by atoms with van der Waals surface area (Å²) >= 11 is 1.82. The van der Waals surface area contributed by atoms with Crippen LogP contribution in [0.25, 0.3) is 5.70 Å². The minimum absolute atomic E-state index is 0.0229. The number of carbonyl (C=O) groups is 2. The summed E-state index contributed by atoms with van der Waals surface area (Å²) in [5.74, 6) is -0.513. The maximum absolute atomic E-state index is 12.3. The minimum atomic E-state index is -0.930. The highest BCUT2D eigenvalue weighted by atomic mass is 32.2. The van der Waals surface area contributed by atoms with Crippen LogP contribution < -0.4 is 15.5 Å². The van der Waals surface area contributed by atoms with Crippen molar-refractivity contribution in [1.82, 2.24) is 10.6 Å². The van der Waals surface area contributed by atoms with E-state index in [0.717, 1.165) is 5.56 Å². The lowest BCUT2D eigenvalue weighted by Crippen LogP contribution is -2.39. The second kappa shape index (κ2) is 13.2. The van der Waals surface area contributed by atoms with E-state index < -0.39 is 5.97 Å². The van der Waals surface area contributed by atoms with Crippen molar-refractivity contribution < 1.29 is 14.7 Å². The van der Waals surface area contributed by atoms with E-state index in [0.29, 0.717) is 18.0 Å². The Morgan fingerprint density at radius 1 is 0.925 bits per heavy atom. The predicted octanol–water partition coefficient (Wildman–Crippen LogP) is 6.95. The van der Waals surface area contributed by atoms with Gasteiger partial charge in [-0.15, -0.1) is 0 Å². The summed E-state index contributed by atoms with van der Waals surface area (Å²) in [4.78, 5) is 26.7. The molecule has 0 spiro atoms. The number of rotatable bonds is 10. The molecule has 0 radical (unpaired) electrons. The van der Waals surface area contributed by atoms with Gasteiger partial charge in [0, 0.05) is 29.2 Å². The summed E-state index contributed by atoms with van der Waals surface area (Å²) in [6.07, 6.45) is 6.51. The van der Waals surface area contributed by atoms with E-state index in [4.69, 9.17) is 5.11 Å². The van der Waals surface area contributed by atoms with Crippen molar-refractivity contribution in [1.29, 1.82) is 0 Å². The number of hydrogen-bond acceptors (Lipinski definition) is 5. The summed E-state index contributed by atoms with van der Waals surface area (Å²) < 4.78 is 0. The molecule has 1 unspecified atom stereocenters. The zero-order valence-corrected chi connectivity index (χ0v) is 23.8. The Morgan fingerprint density at radius 2 is 1.62 bits per heavy atom. The van der Waals surface area contributed by atoms with Crippen molar-refractivity contribution in [3.8, 4) is 0 Å². The molecule has 0 aromatic heterocycles. The van der Waals surface area contributed by atoms with Crippen LogP contribution in [-0.4, -0.2) is 29.0 Å². The van der Waals surface area contributed by atoms with Crippen LogP contribution in [0, 0.1) is 0 Å². The zero-order chi connectivity index (χ0) is 27.9. The van der Waals surface area contributed by atoms with Gasteiger partial charge in [0.2, 0.25) is 0 Å². The molecule has 3 aromatic carbocycles. The predicted molar refractivity (Wildman–Crippen MR) is 163 cm³/mol. The lowest BCUT2D eigenvalue weighted by molar-refractivity contribution is -0.136. The lowest BCUT2D eigenvalue weighted by Gasteiger charge is -2.31. The highest BCUT2D eigenvalue weighted by Crippen LogP contribution is 2.45. The first kappa shape index (κ1) is 28.0. The third-order valence-electron chi connectivity index (χ3n) is 7.71. The molecule has 3 N–H and O–H groups in total. The molecule has 40 heavy (non-hydrogen) atoms. The van der Waals surface area contributed by atoms with E-state index in [-0.39, 0.29) is 24.4 Å². The number of allylic oxidation sites excluding steroid dienone is 1. The van der Waals surface area contributed by atoms with Crippen LogP contribution in [0.1, 0.15) is 78.4 Å². The first-order valence-corrected chi connectivity index (χ1v) is 15.0. The zero-order valence-electron chi connectivity index (χ0n) is 22.9. The Kier molecular flexibility index (Phi) is 9.24. The largest absolute Gasteiger partial charge is 0.481 e. The molecule has 1 fully saturated rings. The third kappa shape index (κ3) is 6.77. The van der Waals surface area contributed by atoms with E-state index in [1.54, 1.807) is 12.1 Å². The molecule has 0 saturated heterocycles. The average Bonchev–Trinajstić information content (AvgIpc) is 3.32. The lowest BCUT2D eigenvalue weighted by atomic mass is 9.84. The number of nitrogens with zero attached hydrogens (tertiary/aromatic N) is 1. The van der Waals surface area contributed by atoms with Gasteiger partial charge in [0.25, 0.3) is 5.91 Å². The second-order valence-corrected chi connectivity index (χ2v) is 11.8. The fraction of sp³-hybridized carbons (Fsp3) is 0.333. The van der Waals surface area contributed by atoms with Gasteiger partial charge >= 0.3 is 5.97 Å². The summed E-state index contributed by atoms with van der Waals surface area (Å²) in [7, 11) is 0. The van der Waals surface area contributed by atoms with Crippen LogP contribution in [0.3, 0.4) is 0 Å². The van der Waals surface area contributed by atoms with Crippen molar-refractivity contribution in [2.45, 2.75) is 63.4 Å². The number of amides is 1. The standard InChI is InChI=1S/C33H37N3O3S/c1-23-31(27-10-6-3-7-11-27)36(29-18-16-26(17-19-29)25-8-4-2-5-9-25)33(40-23)35-22-24-12-14-28(15-13-24)32(39)34-21-20-30(37)38/h3,6-7,10-19,25,33,35H,2,4-5,8-9,20-22H2,1H3,(H,34,39)(H,37,38). The van der Waals surface area contributed by atoms with Crippen molar-refractivity contribution in [3.63, 3.8) is 0 Å². The number of thioether (sulfide) groups is 1. The number of carbonyl (C=O) groups excluding carboxylic acids is 1. The molecule has 5 rings (SSSR count). The Morgan fingerprint density at radius 3 is 2.30 bits per heavy atom. The van der Waals surface area contributed by atoms with Crippen LogP contribution in [0.2, 0.25) is 0 Å². The van der Waals surface area contributed by atoms with E-state index in [1.807, 2.05) is 23.9 Å². The van der Waals surface area contributed by atoms with Crippen molar-refractivity contribution in [3.05, 3.63) is 106 Å². The summed E-state index contributed by atoms with van der Waals surface area (Å²) in [6, 6.07) is 27.2. The Labute approximate surface area is 240 Å². The molecule has 1 atom stereocenters.